The minimum atomic E-state index is 0. The fourth-order valence-electron chi connectivity index (χ4n) is 0.837. The molecule has 0 saturated heterocycles. The molecule has 0 atom stereocenters. The van der Waals surface area contributed by atoms with E-state index in [0.717, 1.165) is 0 Å². The minimum Gasteiger partial charge on any atom is -0.330 e. The highest BCUT2D eigenvalue weighted by Gasteiger charge is 2.08. The Balaban J connectivity index is 0.000000980. The van der Waals surface area contributed by atoms with Gasteiger partial charge in [0, 0.05) is 12.4 Å². The van der Waals surface area contributed by atoms with Crippen LogP contribution in [0.2, 0.25) is 0 Å². The summed E-state index contributed by atoms with van der Waals surface area (Å²) in [6.45, 7) is 0.246. The number of hydrogen-bond acceptors (Lipinski definition) is 6. The van der Waals surface area contributed by atoms with Gasteiger partial charge in [0.05, 0.1) is 6.54 Å². The van der Waals surface area contributed by atoms with Crippen molar-refractivity contribution < 1.29 is 4.52 Å². The van der Waals surface area contributed by atoms with E-state index in [2.05, 4.69) is 20.1 Å². The van der Waals surface area contributed by atoms with Crippen molar-refractivity contribution in [3.05, 3.63) is 24.3 Å². The summed E-state index contributed by atoms with van der Waals surface area (Å²) in [6.07, 6.45) is 3.21. The van der Waals surface area contributed by atoms with E-state index in [9.17, 15) is 0 Å². The molecule has 0 fully saturated rings. The summed E-state index contributed by atoms with van der Waals surface area (Å²) in [7, 11) is 0. The minimum absolute atomic E-state index is 0. The van der Waals surface area contributed by atoms with E-state index in [1.165, 1.54) is 0 Å². The molecule has 0 spiro atoms. The number of hydrogen-bond donors (Lipinski definition) is 1. The van der Waals surface area contributed by atoms with E-state index in [0.29, 0.717) is 17.5 Å². The zero-order valence-electron chi connectivity index (χ0n) is 7.12. The van der Waals surface area contributed by atoms with E-state index >= 15 is 0 Å². The Morgan fingerprint density at radius 2 is 2.00 bits per heavy atom. The molecule has 2 heterocycles. The Hall–Kier alpha value is -1.53. The first kappa shape index (κ1) is 10.6. The van der Waals surface area contributed by atoms with Gasteiger partial charge in [0.2, 0.25) is 5.82 Å². The zero-order chi connectivity index (χ0) is 9.10. The second kappa shape index (κ2) is 4.64. The third kappa shape index (κ3) is 2.04. The first-order valence-electron chi connectivity index (χ1n) is 3.70. The lowest BCUT2D eigenvalue weighted by Crippen LogP contribution is -1.98. The van der Waals surface area contributed by atoms with Crippen LogP contribution in [0.4, 0.5) is 0 Å². The van der Waals surface area contributed by atoms with Crippen LogP contribution in [-0.2, 0) is 6.54 Å². The predicted octanol–water partition coefficient (Wildman–Crippen LogP) is 0.407. The predicted molar refractivity (Wildman–Crippen MR) is 50.5 cm³/mol. The Morgan fingerprint density at radius 3 is 2.57 bits per heavy atom. The fourth-order valence-corrected chi connectivity index (χ4v) is 0.837. The van der Waals surface area contributed by atoms with Gasteiger partial charge in [0.1, 0.15) is 0 Å². The standard InChI is InChI=1S/C7H7N5O.ClH/c8-4-5-11-7(13-12-5)6-9-2-1-3-10-6;/h1-3H,4,8H2;1H. The van der Waals surface area contributed by atoms with Crippen LogP contribution in [0.25, 0.3) is 11.7 Å². The molecule has 0 saturated carbocycles. The lowest BCUT2D eigenvalue weighted by atomic mass is 10.5. The molecular weight excluding hydrogens is 206 g/mol. The fraction of sp³-hybridized carbons (Fsp3) is 0.143. The summed E-state index contributed by atoms with van der Waals surface area (Å²) >= 11 is 0. The first-order chi connectivity index (χ1) is 6.40. The highest BCUT2D eigenvalue weighted by atomic mass is 35.5. The van der Waals surface area contributed by atoms with Crippen LogP contribution in [-0.4, -0.2) is 20.1 Å². The molecule has 0 amide bonds. The van der Waals surface area contributed by atoms with Gasteiger partial charge in [-0.3, -0.25) is 0 Å². The molecular formula is C7H8ClN5O. The summed E-state index contributed by atoms with van der Waals surface area (Å²) < 4.78 is 4.88. The molecule has 2 aromatic heterocycles. The van der Waals surface area contributed by atoms with E-state index in [-0.39, 0.29) is 19.0 Å². The molecule has 0 aliphatic rings. The van der Waals surface area contributed by atoms with Crippen LogP contribution in [0, 0.1) is 0 Å². The molecule has 74 valence electrons. The highest BCUT2D eigenvalue weighted by Crippen LogP contribution is 2.09. The molecule has 0 aliphatic carbocycles. The summed E-state index contributed by atoms with van der Waals surface area (Å²) in [5.74, 6) is 1.15. The second-order valence-electron chi connectivity index (χ2n) is 2.29. The summed E-state index contributed by atoms with van der Waals surface area (Å²) in [4.78, 5) is 11.9. The Kier molecular flexibility index (Phi) is 3.49. The maximum Gasteiger partial charge on any atom is 0.295 e. The van der Waals surface area contributed by atoms with Crippen LogP contribution in [0.3, 0.4) is 0 Å². The Morgan fingerprint density at radius 1 is 1.29 bits per heavy atom. The lowest BCUT2D eigenvalue weighted by Gasteiger charge is -1.87. The molecule has 6 nitrogen and oxygen atoms in total. The molecule has 0 radical (unpaired) electrons. The van der Waals surface area contributed by atoms with Crippen molar-refractivity contribution in [3.8, 4) is 11.7 Å². The Bertz CT molecular complexity index is 390. The van der Waals surface area contributed by atoms with Crippen molar-refractivity contribution in [1.29, 1.82) is 0 Å². The van der Waals surface area contributed by atoms with Gasteiger partial charge >= 0.3 is 0 Å². The van der Waals surface area contributed by atoms with Gasteiger partial charge in [-0.15, -0.1) is 12.4 Å². The summed E-state index contributed by atoms with van der Waals surface area (Å²) in [6, 6.07) is 1.71. The van der Waals surface area contributed by atoms with Gasteiger partial charge in [0.15, 0.2) is 5.82 Å². The van der Waals surface area contributed by atoms with Gasteiger partial charge in [-0.05, 0) is 6.07 Å². The summed E-state index contributed by atoms with van der Waals surface area (Å²) in [5.41, 5.74) is 5.32. The van der Waals surface area contributed by atoms with Crippen molar-refractivity contribution in [2.45, 2.75) is 6.54 Å². The van der Waals surface area contributed by atoms with Crippen molar-refractivity contribution in [2.24, 2.45) is 5.73 Å². The van der Waals surface area contributed by atoms with Crippen LogP contribution < -0.4 is 5.73 Å². The lowest BCUT2D eigenvalue weighted by molar-refractivity contribution is 0.420. The number of halogens is 1. The van der Waals surface area contributed by atoms with Gasteiger partial charge in [-0.1, -0.05) is 5.16 Å². The van der Waals surface area contributed by atoms with E-state index in [4.69, 9.17) is 10.3 Å². The van der Waals surface area contributed by atoms with Crippen molar-refractivity contribution in [1.82, 2.24) is 20.1 Å². The normalized spacial score (nSPS) is 9.50. The number of aromatic nitrogens is 4. The monoisotopic (exact) mass is 213 g/mol. The maximum atomic E-state index is 5.32. The molecule has 2 N–H and O–H groups in total. The smallest absolute Gasteiger partial charge is 0.295 e. The molecule has 2 aromatic rings. The average Bonchev–Trinajstić information content (AvgIpc) is 2.67. The van der Waals surface area contributed by atoms with Gasteiger partial charge in [-0.25, -0.2) is 9.97 Å². The van der Waals surface area contributed by atoms with E-state index in [1.807, 2.05) is 0 Å². The molecule has 0 aromatic carbocycles. The molecule has 2 rings (SSSR count). The number of rotatable bonds is 2. The van der Waals surface area contributed by atoms with Crippen molar-refractivity contribution >= 4 is 12.4 Å². The quantitative estimate of drug-likeness (QED) is 0.777. The summed E-state index contributed by atoms with van der Waals surface area (Å²) in [5, 5.41) is 3.62. The maximum absolute atomic E-state index is 5.32. The zero-order valence-corrected chi connectivity index (χ0v) is 7.94. The third-order valence-corrected chi connectivity index (χ3v) is 1.41. The topological polar surface area (TPSA) is 90.7 Å². The van der Waals surface area contributed by atoms with Crippen LogP contribution in [0.1, 0.15) is 5.82 Å². The van der Waals surface area contributed by atoms with Gasteiger partial charge in [-0.2, -0.15) is 4.98 Å². The average molecular weight is 214 g/mol. The first-order valence-corrected chi connectivity index (χ1v) is 3.70. The van der Waals surface area contributed by atoms with E-state index < -0.39 is 0 Å². The second-order valence-corrected chi connectivity index (χ2v) is 2.29. The SMILES string of the molecule is Cl.NCc1noc(-c2ncccn2)n1. The van der Waals surface area contributed by atoms with Crippen LogP contribution in [0.15, 0.2) is 23.0 Å². The van der Waals surface area contributed by atoms with Crippen LogP contribution in [0.5, 0.6) is 0 Å². The molecule has 0 unspecified atom stereocenters. The number of nitrogens with zero attached hydrogens (tertiary/aromatic N) is 4. The number of nitrogens with two attached hydrogens (primary N) is 1. The van der Waals surface area contributed by atoms with Crippen molar-refractivity contribution in [3.63, 3.8) is 0 Å². The molecule has 0 aliphatic heterocycles. The Labute approximate surface area is 86.0 Å². The van der Waals surface area contributed by atoms with Gasteiger partial charge in [0.25, 0.3) is 5.89 Å². The molecule has 0 bridgehead atoms. The van der Waals surface area contributed by atoms with Crippen LogP contribution >= 0.6 is 12.4 Å². The molecule has 7 heteroatoms. The third-order valence-electron chi connectivity index (χ3n) is 1.41. The highest BCUT2D eigenvalue weighted by molar-refractivity contribution is 5.85. The molecule has 14 heavy (non-hydrogen) atoms. The van der Waals surface area contributed by atoms with Crippen molar-refractivity contribution in [2.75, 3.05) is 0 Å². The van der Waals surface area contributed by atoms with Gasteiger partial charge < -0.3 is 10.3 Å². The largest absolute Gasteiger partial charge is 0.330 e. The van der Waals surface area contributed by atoms with E-state index in [1.54, 1.807) is 18.5 Å².